The smallest absolute Gasteiger partial charge is 0.270 e. The Hall–Kier alpha value is -0.980. The molecular weight excluding hydrogens is 216 g/mol. The average molecular weight is 230 g/mol. The van der Waals surface area contributed by atoms with Crippen molar-refractivity contribution in [1.29, 1.82) is 0 Å². The Balaban J connectivity index is 2.03. The number of ether oxygens (including phenoxy) is 1. The molecular formula is C9H14N2O3S. The van der Waals surface area contributed by atoms with Gasteiger partial charge in [0.15, 0.2) is 0 Å². The molecule has 0 radical (unpaired) electrons. The van der Waals surface area contributed by atoms with Crippen LogP contribution in [0.2, 0.25) is 0 Å². The fourth-order valence-electron chi connectivity index (χ4n) is 0.958. The molecule has 1 rings (SSSR count). The summed E-state index contributed by atoms with van der Waals surface area (Å²) in [6, 6.07) is 0. The van der Waals surface area contributed by atoms with Crippen molar-refractivity contribution in [2.45, 2.75) is 6.42 Å². The molecule has 0 aromatic carbocycles. The molecule has 0 saturated heterocycles. The zero-order valence-corrected chi connectivity index (χ0v) is 9.13. The molecule has 0 aliphatic carbocycles. The summed E-state index contributed by atoms with van der Waals surface area (Å²) in [4.78, 5) is 15.2. The number of aliphatic hydroxyl groups excluding tert-OH is 1. The highest BCUT2D eigenvalue weighted by Gasteiger charge is 2.05. The lowest BCUT2D eigenvalue weighted by Gasteiger charge is -2.03. The molecule has 1 heterocycles. The third-order valence-electron chi connectivity index (χ3n) is 1.65. The van der Waals surface area contributed by atoms with Crippen LogP contribution in [0.25, 0.3) is 0 Å². The fraction of sp³-hybridized carbons (Fsp3) is 0.556. The first-order valence-corrected chi connectivity index (χ1v) is 5.64. The molecule has 0 fully saturated rings. The lowest BCUT2D eigenvalue weighted by Crippen LogP contribution is -2.25. The summed E-state index contributed by atoms with van der Waals surface area (Å²) < 4.78 is 5.04. The van der Waals surface area contributed by atoms with Crippen LogP contribution in [0.5, 0.6) is 0 Å². The maximum Gasteiger partial charge on any atom is 0.270 e. The van der Waals surface area contributed by atoms with Gasteiger partial charge in [0, 0.05) is 18.5 Å². The van der Waals surface area contributed by atoms with Crippen LogP contribution in [-0.2, 0) is 4.74 Å². The quantitative estimate of drug-likeness (QED) is 0.660. The predicted octanol–water partition coefficient (Wildman–Crippen LogP) is 0.272. The number of nitrogens with zero attached hydrogens (tertiary/aromatic N) is 1. The van der Waals surface area contributed by atoms with E-state index in [1.165, 1.54) is 11.3 Å². The van der Waals surface area contributed by atoms with Crippen molar-refractivity contribution in [3.8, 4) is 0 Å². The normalized spacial score (nSPS) is 10.2. The molecule has 0 aliphatic heterocycles. The molecule has 0 aliphatic rings. The van der Waals surface area contributed by atoms with Gasteiger partial charge in [-0.2, -0.15) is 0 Å². The van der Waals surface area contributed by atoms with Crippen LogP contribution in [-0.4, -0.2) is 42.4 Å². The van der Waals surface area contributed by atoms with Crippen LogP contribution < -0.4 is 5.32 Å². The number of nitrogens with one attached hydrogen (secondary N) is 1. The van der Waals surface area contributed by atoms with E-state index in [2.05, 4.69) is 10.3 Å². The molecule has 1 aromatic heterocycles. The van der Waals surface area contributed by atoms with Crippen molar-refractivity contribution in [3.63, 3.8) is 0 Å². The van der Waals surface area contributed by atoms with Gasteiger partial charge in [-0.15, -0.1) is 11.3 Å². The summed E-state index contributed by atoms with van der Waals surface area (Å²) >= 11 is 1.39. The van der Waals surface area contributed by atoms with E-state index in [9.17, 15) is 4.79 Å². The Morgan fingerprint density at radius 3 is 3.13 bits per heavy atom. The van der Waals surface area contributed by atoms with Crippen LogP contribution in [0.15, 0.2) is 10.9 Å². The highest BCUT2D eigenvalue weighted by Crippen LogP contribution is 1.99. The van der Waals surface area contributed by atoms with Crippen molar-refractivity contribution in [2.75, 3.05) is 26.4 Å². The molecule has 5 nitrogen and oxygen atoms in total. The number of hydrogen-bond acceptors (Lipinski definition) is 5. The van der Waals surface area contributed by atoms with E-state index in [4.69, 9.17) is 9.84 Å². The molecule has 0 saturated carbocycles. The number of thiazole rings is 1. The van der Waals surface area contributed by atoms with E-state index in [1.54, 1.807) is 10.9 Å². The SMILES string of the molecule is O=C(NCCCOCCO)c1cscn1. The molecule has 0 unspecified atom stereocenters. The highest BCUT2D eigenvalue weighted by atomic mass is 32.1. The number of amides is 1. The zero-order chi connectivity index (χ0) is 10.9. The average Bonchev–Trinajstić information content (AvgIpc) is 2.76. The van der Waals surface area contributed by atoms with Gasteiger partial charge < -0.3 is 15.2 Å². The van der Waals surface area contributed by atoms with Gasteiger partial charge in [0.2, 0.25) is 0 Å². The van der Waals surface area contributed by atoms with Crippen molar-refractivity contribution in [1.82, 2.24) is 10.3 Å². The zero-order valence-electron chi connectivity index (χ0n) is 8.31. The Kier molecular flexibility index (Phi) is 5.91. The van der Waals surface area contributed by atoms with Gasteiger partial charge in [0.05, 0.1) is 18.7 Å². The van der Waals surface area contributed by atoms with Gasteiger partial charge in [0.1, 0.15) is 5.69 Å². The van der Waals surface area contributed by atoms with Crippen molar-refractivity contribution >= 4 is 17.2 Å². The van der Waals surface area contributed by atoms with Crippen LogP contribution in [0.4, 0.5) is 0 Å². The second-order valence-corrected chi connectivity index (χ2v) is 3.54. The highest BCUT2D eigenvalue weighted by molar-refractivity contribution is 7.07. The first-order valence-electron chi connectivity index (χ1n) is 4.69. The third-order valence-corrected chi connectivity index (χ3v) is 2.24. The molecule has 0 bridgehead atoms. The summed E-state index contributed by atoms with van der Waals surface area (Å²) in [6.07, 6.45) is 0.732. The van der Waals surface area contributed by atoms with E-state index in [0.29, 0.717) is 25.5 Å². The van der Waals surface area contributed by atoms with E-state index in [1.807, 2.05) is 0 Å². The number of rotatable bonds is 7. The van der Waals surface area contributed by atoms with Crippen LogP contribution in [0.3, 0.4) is 0 Å². The summed E-state index contributed by atoms with van der Waals surface area (Å²) in [5, 5.41) is 12.9. The first-order chi connectivity index (χ1) is 7.34. The van der Waals surface area contributed by atoms with Gasteiger partial charge in [-0.25, -0.2) is 4.98 Å². The van der Waals surface area contributed by atoms with Crippen molar-refractivity contribution in [2.24, 2.45) is 0 Å². The third kappa shape index (κ3) is 4.87. The molecule has 6 heteroatoms. The first kappa shape index (κ1) is 12.1. The maximum atomic E-state index is 11.3. The molecule has 2 N–H and O–H groups in total. The summed E-state index contributed by atoms with van der Waals surface area (Å²) in [7, 11) is 0. The maximum absolute atomic E-state index is 11.3. The standard InChI is InChI=1S/C9H14N2O3S/c12-3-5-14-4-1-2-10-9(13)8-6-15-7-11-8/h6-7,12H,1-5H2,(H,10,13). The largest absolute Gasteiger partial charge is 0.394 e. The molecule has 0 spiro atoms. The Morgan fingerprint density at radius 1 is 1.60 bits per heavy atom. The van der Waals surface area contributed by atoms with E-state index in [-0.39, 0.29) is 12.5 Å². The van der Waals surface area contributed by atoms with Gasteiger partial charge in [-0.05, 0) is 6.42 Å². The molecule has 1 aromatic rings. The number of aliphatic hydroxyl groups is 1. The molecule has 1 amide bonds. The minimum absolute atomic E-state index is 0.0329. The molecule has 84 valence electrons. The number of carbonyl (C=O) groups excluding carboxylic acids is 1. The lowest BCUT2D eigenvalue weighted by molar-refractivity contribution is 0.0866. The number of hydrogen-bond donors (Lipinski definition) is 2. The summed E-state index contributed by atoms with van der Waals surface area (Å²) in [5.74, 6) is -0.154. The van der Waals surface area contributed by atoms with E-state index >= 15 is 0 Å². The fourth-order valence-corrected chi connectivity index (χ4v) is 1.49. The summed E-state index contributed by atoms with van der Waals surface area (Å²) in [5.41, 5.74) is 2.08. The minimum Gasteiger partial charge on any atom is -0.394 e. The van der Waals surface area contributed by atoms with Crippen molar-refractivity contribution < 1.29 is 14.6 Å². The van der Waals surface area contributed by atoms with Crippen molar-refractivity contribution in [3.05, 3.63) is 16.6 Å². The summed E-state index contributed by atoms with van der Waals surface area (Å²) in [6.45, 7) is 1.48. The predicted molar refractivity (Wildman–Crippen MR) is 57.0 cm³/mol. The second-order valence-electron chi connectivity index (χ2n) is 2.82. The van der Waals surface area contributed by atoms with Crippen LogP contribution in [0.1, 0.15) is 16.9 Å². The second kappa shape index (κ2) is 7.33. The molecule has 15 heavy (non-hydrogen) atoms. The van der Waals surface area contributed by atoms with E-state index in [0.717, 1.165) is 6.42 Å². The van der Waals surface area contributed by atoms with Gasteiger partial charge in [-0.1, -0.05) is 0 Å². The lowest BCUT2D eigenvalue weighted by atomic mass is 10.4. The minimum atomic E-state index is -0.154. The monoisotopic (exact) mass is 230 g/mol. The number of carbonyl (C=O) groups is 1. The Bertz CT molecular complexity index is 277. The van der Waals surface area contributed by atoms with Crippen LogP contribution in [0, 0.1) is 0 Å². The van der Waals surface area contributed by atoms with Gasteiger partial charge >= 0.3 is 0 Å². The topological polar surface area (TPSA) is 71.5 Å². The molecule has 0 atom stereocenters. The van der Waals surface area contributed by atoms with Gasteiger partial charge in [0.25, 0.3) is 5.91 Å². The Morgan fingerprint density at radius 2 is 2.47 bits per heavy atom. The van der Waals surface area contributed by atoms with Crippen LogP contribution >= 0.6 is 11.3 Å². The number of aromatic nitrogens is 1. The van der Waals surface area contributed by atoms with E-state index < -0.39 is 0 Å². The Labute approximate surface area is 92.1 Å². The van der Waals surface area contributed by atoms with Gasteiger partial charge in [-0.3, -0.25) is 4.79 Å².